The van der Waals surface area contributed by atoms with Crippen molar-refractivity contribution in [2.24, 2.45) is 11.7 Å². The number of hydrogen-bond donors (Lipinski definition) is 2. The summed E-state index contributed by atoms with van der Waals surface area (Å²) in [5.74, 6) is 1.08. The van der Waals surface area contributed by atoms with Crippen LogP contribution in [0.4, 0.5) is 0 Å². The molecule has 0 fully saturated rings. The Morgan fingerprint density at radius 3 is 2.28 bits per heavy atom. The molecular formula is C26H37NO4S. The van der Waals surface area contributed by atoms with Crippen molar-refractivity contribution in [3.8, 4) is 5.75 Å². The number of thiophene rings is 1. The van der Waals surface area contributed by atoms with Gasteiger partial charge in [0.2, 0.25) is 5.91 Å². The Morgan fingerprint density at radius 2 is 1.72 bits per heavy atom. The number of ether oxygens (including phenoxy) is 1. The lowest BCUT2D eigenvalue weighted by Gasteiger charge is -2.16. The molecule has 1 aromatic carbocycles. The molecule has 0 saturated carbocycles. The number of ketones is 1. The fourth-order valence-electron chi connectivity index (χ4n) is 4.02. The molecule has 0 unspecified atom stereocenters. The fourth-order valence-corrected chi connectivity index (χ4v) is 5.18. The molecule has 1 heterocycles. The van der Waals surface area contributed by atoms with Crippen molar-refractivity contribution in [3.63, 3.8) is 0 Å². The summed E-state index contributed by atoms with van der Waals surface area (Å²) in [5, 5.41) is 9.97. The number of aryl methyl sites for hydroxylation is 4. The van der Waals surface area contributed by atoms with Crippen LogP contribution < -0.4 is 10.5 Å². The second kappa shape index (κ2) is 11.6. The number of benzene rings is 1. The highest BCUT2D eigenvalue weighted by Crippen LogP contribution is 2.31. The molecule has 6 heteroatoms. The van der Waals surface area contributed by atoms with Crippen molar-refractivity contribution in [1.29, 1.82) is 0 Å². The third-order valence-corrected chi connectivity index (χ3v) is 6.93. The molecule has 1 amide bonds. The Labute approximate surface area is 196 Å². The van der Waals surface area contributed by atoms with E-state index in [4.69, 9.17) is 10.5 Å². The number of amides is 1. The largest absolute Gasteiger partial charge is 0.490 e. The molecule has 5 nitrogen and oxygen atoms in total. The van der Waals surface area contributed by atoms with Gasteiger partial charge in [0.25, 0.3) is 0 Å². The zero-order valence-electron chi connectivity index (χ0n) is 20.2. The monoisotopic (exact) mass is 459 g/mol. The summed E-state index contributed by atoms with van der Waals surface area (Å²) in [5.41, 5.74) is 10.6. The minimum Gasteiger partial charge on any atom is -0.490 e. The number of Topliss-reactive ketones (excluding diaryl/α,β-unsaturated/α-hetero) is 1. The van der Waals surface area contributed by atoms with Crippen LogP contribution >= 0.6 is 11.3 Å². The first kappa shape index (κ1) is 26.1. The number of carbonyl (C=O) groups is 2. The van der Waals surface area contributed by atoms with Crippen LogP contribution in [0.1, 0.15) is 75.5 Å². The number of aliphatic hydroxyl groups excluding tert-OH is 1. The SMILES string of the molecule is Cc1cc(CCC(=O)c2sc(C)c(CC(C)C)c2C)cc(C)c1OC[C@H](O)CCC(N)=O. The molecule has 0 bridgehead atoms. The Hall–Kier alpha value is -2.18. The van der Waals surface area contributed by atoms with Crippen molar-refractivity contribution in [1.82, 2.24) is 0 Å². The smallest absolute Gasteiger partial charge is 0.217 e. The Morgan fingerprint density at radius 1 is 1.09 bits per heavy atom. The van der Waals surface area contributed by atoms with Crippen LogP contribution in [0.15, 0.2) is 12.1 Å². The standard InChI is InChI=1S/C26H37NO4S/c1-15(2)11-22-18(5)26(32-19(22)6)23(29)9-7-20-12-16(3)25(17(4)13-20)31-14-21(28)8-10-24(27)30/h12-13,15,21,28H,7-11,14H2,1-6H3,(H2,27,30)/t21-/m1/s1. The van der Waals surface area contributed by atoms with Crippen LogP contribution in [-0.2, 0) is 17.6 Å². The lowest BCUT2D eigenvalue weighted by molar-refractivity contribution is -0.118. The third kappa shape index (κ3) is 7.17. The minimum atomic E-state index is -0.739. The lowest BCUT2D eigenvalue weighted by atomic mass is 9.97. The third-order valence-electron chi connectivity index (χ3n) is 5.64. The van der Waals surface area contributed by atoms with Crippen molar-refractivity contribution >= 4 is 23.0 Å². The first-order valence-electron chi connectivity index (χ1n) is 11.3. The molecule has 0 aliphatic heterocycles. The summed E-state index contributed by atoms with van der Waals surface area (Å²) < 4.78 is 5.81. The van der Waals surface area contributed by atoms with Crippen molar-refractivity contribution in [2.45, 2.75) is 79.8 Å². The molecule has 2 aromatic rings. The summed E-state index contributed by atoms with van der Waals surface area (Å²) >= 11 is 1.63. The van der Waals surface area contributed by atoms with Gasteiger partial charge in [-0.2, -0.15) is 0 Å². The van der Waals surface area contributed by atoms with Gasteiger partial charge in [0.05, 0.1) is 11.0 Å². The topological polar surface area (TPSA) is 89.6 Å². The molecule has 0 aliphatic rings. The summed E-state index contributed by atoms with van der Waals surface area (Å²) in [6.07, 6.45) is 1.85. The van der Waals surface area contributed by atoms with E-state index < -0.39 is 12.0 Å². The van der Waals surface area contributed by atoms with E-state index in [0.29, 0.717) is 18.8 Å². The molecule has 0 spiro atoms. The maximum Gasteiger partial charge on any atom is 0.217 e. The van der Waals surface area contributed by atoms with Crippen LogP contribution in [0, 0.1) is 33.6 Å². The van der Waals surface area contributed by atoms with Gasteiger partial charge in [0, 0.05) is 17.7 Å². The maximum absolute atomic E-state index is 12.9. The van der Waals surface area contributed by atoms with Crippen LogP contribution in [0.2, 0.25) is 0 Å². The van der Waals surface area contributed by atoms with Crippen LogP contribution in [0.5, 0.6) is 5.75 Å². The Kier molecular flexibility index (Phi) is 9.47. The van der Waals surface area contributed by atoms with Crippen molar-refractivity contribution in [3.05, 3.63) is 49.7 Å². The number of hydrogen-bond acceptors (Lipinski definition) is 5. The summed E-state index contributed by atoms with van der Waals surface area (Å²) in [7, 11) is 0. The highest BCUT2D eigenvalue weighted by atomic mass is 32.1. The van der Waals surface area contributed by atoms with E-state index in [-0.39, 0.29) is 25.2 Å². The van der Waals surface area contributed by atoms with Gasteiger partial charge in [0.15, 0.2) is 5.78 Å². The molecule has 0 radical (unpaired) electrons. The highest BCUT2D eigenvalue weighted by molar-refractivity contribution is 7.14. The van der Waals surface area contributed by atoms with Crippen LogP contribution in [0.3, 0.4) is 0 Å². The second-order valence-corrected chi connectivity index (χ2v) is 10.4. The molecule has 32 heavy (non-hydrogen) atoms. The molecular weight excluding hydrogens is 422 g/mol. The minimum absolute atomic E-state index is 0.114. The molecule has 1 aromatic heterocycles. The van der Waals surface area contributed by atoms with Crippen molar-refractivity contribution in [2.75, 3.05) is 6.61 Å². The molecule has 0 saturated heterocycles. The predicted octanol–water partition coefficient (Wildman–Crippen LogP) is 5.00. The second-order valence-electron chi connectivity index (χ2n) is 9.14. The quantitative estimate of drug-likeness (QED) is 0.437. The van der Waals surface area contributed by atoms with Gasteiger partial charge < -0.3 is 15.6 Å². The molecule has 0 aliphatic carbocycles. The number of aliphatic hydroxyl groups is 1. The normalized spacial score (nSPS) is 12.2. The van der Waals surface area contributed by atoms with E-state index in [1.54, 1.807) is 11.3 Å². The van der Waals surface area contributed by atoms with E-state index in [2.05, 4.69) is 27.7 Å². The van der Waals surface area contributed by atoms with Gasteiger partial charge in [-0.3, -0.25) is 9.59 Å². The van der Waals surface area contributed by atoms with Crippen LogP contribution in [-0.4, -0.2) is 29.5 Å². The Bertz CT molecular complexity index is 938. The van der Waals surface area contributed by atoms with E-state index in [1.165, 1.54) is 10.4 Å². The fraction of sp³-hybridized carbons (Fsp3) is 0.538. The molecule has 3 N–H and O–H groups in total. The molecule has 1 atom stereocenters. The summed E-state index contributed by atoms with van der Waals surface area (Å²) in [6, 6.07) is 4.09. The van der Waals surface area contributed by atoms with E-state index in [0.717, 1.165) is 39.3 Å². The summed E-state index contributed by atoms with van der Waals surface area (Å²) in [4.78, 5) is 25.9. The first-order valence-corrected chi connectivity index (χ1v) is 12.1. The average molecular weight is 460 g/mol. The zero-order valence-corrected chi connectivity index (χ0v) is 21.0. The lowest BCUT2D eigenvalue weighted by Crippen LogP contribution is -2.21. The van der Waals surface area contributed by atoms with Crippen LogP contribution in [0.25, 0.3) is 0 Å². The van der Waals surface area contributed by atoms with Gasteiger partial charge in [-0.15, -0.1) is 11.3 Å². The molecule has 176 valence electrons. The van der Waals surface area contributed by atoms with Gasteiger partial charge in [-0.25, -0.2) is 0 Å². The predicted molar refractivity (Wildman–Crippen MR) is 131 cm³/mol. The Balaban J connectivity index is 2.01. The average Bonchev–Trinajstić information content (AvgIpc) is 2.97. The van der Waals surface area contributed by atoms with Gasteiger partial charge in [-0.1, -0.05) is 26.0 Å². The van der Waals surface area contributed by atoms with Gasteiger partial charge in [0.1, 0.15) is 12.4 Å². The molecule has 2 rings (SSSR count). The summed E-state index contributed by atoms with van der Waals surface area (Å²) in [6.45, 7) is 12.6. The highest BCUT2D eigenvalue weighted by Gasteiger charge is 2.19. The van der Waals surface area contributed by atoms with E-state index >= 15 is 0 Å². The number of nitrogens with two attached hydrogens (primary N) is 1. The first-order chi connectivity index (χ1) is 15.0. The van der Waals surface area contributed by atoms with E-state index in [9.17, 15) is 14.7 Å². The number of carbonyl (C=O) groups excluding carboxylic acids is 2. The number of primary amides is 1. The van der Waals surface area contributed by atoms with E-state index in [1.807, 2.05) is 26.0 Å². The zero-order chi connectivity index (χ0) is 24.0. The van der Waals surface area contributed by atoms with Gasteiger partial charge >= 0.3 is 0 Å². The van der Waals surface area contributed by atoms with Gasteiger partial charge in [-0.05, 0) is 80.7 Å². The number of rotatable bonds is 12. The maximum atomic E-state index is 12.9. The van der Waals surface area contributed by atoms with Crippen molar-refractivity contribution < 1.29 is 19.4 Å².